The first-order valence-electron chi connectivity index (χ1n) is 8.13. The summed E-state index contributed by atoms with van der Waals surface area (Å²) in [5.74, 6) is 2.82. The molecule has 0 aromatic heterocycles. The quantitative estimate of drug-likeness (QED) is 0.809. The van der Waals surface area contributed by atoms with Crippen molar-refractivity contribution < 1.29 is 4.74 Å². The topological polar surface area (TPSA) is 12.5 Å². The fraction of sp³-hybridized carbons (Fsp3) is 0.667. The van der Waals surface area contributed by atoms with Crippen molar-refractivity contribution in [2.75, 3.05) is 26.2 Å². The normalized spacial score (nSPS) is 23.8. The first-order valence-corrected chi connectivity index (χ1v) is 8.13. The molecule has 2 aliphatic rings. The minimum Gasteiger partial charge on any atom is -0.493 e. The molecule has 1 unspecified atom stereocenters. The van der Waals surface area contributed by atoms with Crippen LogP contribution in [0.5, 0.6) is 5.75 Å². The van der Waals surface area contributed by atoms with Crippen LogP contribution >= 0.6 is 0 Å². The van der Waals surface area contributed by atoms with E-state index in [-0.39, 0.29) is 0 Å². The Morgan fingerprint density at radius 1 is 1.10 bits per heavy atom. The standard InChI is InChI=1S/C18H27NO/c1-14-5-3-6-15(2)18(14)20-13-17-7-4-10-19(12-17)11-16-8-9-16/h3,5-6,16-17H,4,7-13H2,1-2H3. The highest BCUT2D eigenvalue weighted by molar-refractivity contribution is 5.39. The molecule has 2 fully saturated rings. The molecular weight excluding hydrogens is 246 g/mol. The van der Waals surface area contributed by atoms with E-state index >= 15 is 0 Å². The van der Waals surface area contributed by atoms with Gasteiger partial charge in [-0.25, -0.2) is 0 Å². The Labute approximate surface area is 123 Å². The molecule has 1 heterocycles. The molecule has 2 nitrogen and oxygen atoms in total. The second-order valence-corrected chi connectivity index (χ2v) is 6.74. The molecule has 1 aliphatic heterocycles. The predicted molar refractivity (Wildman–Crippen MR) is 83.3 cm³/mol. The lowest BCUT2D eigenvalue weighted by atomic mass is 9.98. The summed E-state index contributed by atoms with van der Waals surface area (Å²) in [6, 6.07) is 6.39. The fourth-order valence-corrected chi connectivity index (χ4v) is 3.35. The molecule has 3 rings (SSSR count). The average molecular weight is 273 g/mol. The van der Waals surface area contributed by atoms with Gasteiger partial charge in [0.15, 0.2) is 0 Å². The summed E-state index contributed by atoms with van der Waals surface area (Å²) in [7, 11) is 0. The molecule has 1 atom stereocenters. The van der Waals surface area contributed by atoms with Crippen LogP contribution in [0.4, 0.5) is 0 Å². The minimum absolute atomic E-state index is 0.710. The Morgan fingerprint density at radius 2 is 1.85 bits per heavy atom. The van der Waals surface area contributed by atoms with Gasteiger partial charge in [0.25, 0.3) is 0 Å². The van der Waals surface area contributed by atoms with Gasteiger partial charge in [-0.2, -0.15) is 0 Å². The Balaban J connectivity index is 1.52. The summed E-state index contributed by atoms with van der Waals surface area (Å²) in [6.45, 7) is 9.04. The first kappa shape index (κ1) is 13.9. The number of likely N-dealkylation sites (tertiary alicyclic amines) is 1. The van der Waals surface area contributed by atoms with Crippen molar-refractivity contribution in [3.8, 4) is 5.75 Å². The molecule has 0 spiro atoms. The van der Waals surface area contributed by atoms with E-state index in [0.29, 0.717) is 5.92 Å². The van der Waals surface area contributed by atoms with E-state index in [0.717, 1.165) is 18.3 Å². The number of hydrogen-bond donors (Lipinski definition) is 0. The van der Waals surface area contributed by atoms with Crippen LogP contribution in [0.25, 0.3) is 0 Å². The number of nitrogens with zero attached hydrogens (tertiary/aromatic N) is 1. The largest absolute Gasteiger partial charge is 0.493 e. The summed E-state index contributed by atoms with van der Waals surface area (Å²) >= 11 is 0. The van der Waals surface area contributed by atoms with Crippen LogP contribution in [-0.2, 0) is 0 Å². The van der Waals surface area contributed by atoms with Gasteiger partial charge in [0, 0.05) is 19.0 Å². The van der Waals surface area contributed by atoms with Gasteiger partial charge in [0.2, 0.25) is 0 Å². The first-order chi connectivity index (χ1) is 9.72. The molecule has 110 valence electrons. The fourth-order valence-electron chi connectivity index (χ4n) is 3.35. The van der Waals surface area contributed by atoms with Crippen molar-refractivity contribution >= 4 is 0 Å². The van der Waals surface area contributed by atoms with Crippen LogP contribution in [-0.4, -0.2) is 31.1 Å². The molecular formula is C18H27NO. The Kier molecular flexibility index (Phi) is 4.30. The van der Waals surface area contributed by atoms with Gasteiger partial charge < -0.3 is 9.64 Å². The monoisotopic (exact) mass is 273 g/mol. The van der Waals surface area contributed by atoms with Crippen molar-refractivity contribution in [2.45, 2.75) is 39.5 Å². The van der Waals surface area contributed by atoms with Crippen LogP contribution in [0.1, 0.15) is 36.8 Å². The molecule has 0 N–H and O–H groups in total. The van der Waals surface area contributed by atoms with Crippen molar-refractivity contribution in [3.05, 3.63) is 29.3 Å². The van der Waals surface area contributed by atoms with Gasteiger partial charge in [-0.05, 0) is 63.1 Å². The third-order valence-corrected chi connectivity index (χ3v) is 4.69. The van der Waals surface area contributed by atoms with Crippen LogP contribution in [0.2, 0.25) is 0 Å². The minimum atomic E-state index is 0.710. The summed E-state index contributed by atoms with van der Waals surface area (Å²) in [4.78, 5) is 2.67. The maximum Gasteiger partial charge on any atom is 0.125 e. The van der Waals surface area contributed by atoms with Gasteiger partial charge in [-0.15, -0.1) is 0 Å². The Bertz CT molecular complexity index is 432. The highest BCUT2D eigenvalue weighted by atomic mass is 16.5. The second kappa shape index (κ2) is 6.17. The van der Waals surface area contributed by atoms with E-state index in [1.807, 2.05) is 0 Å². The lowest BCUT2D eigenvalue weighted by molar-refractivity contribution is 0.126. The molecule has 1 aromatic carbocycles. The van der Waals surface area contributed by atoms with Crippen LogP contribution in [0.15, 0.2) is 18.2 Å². The highest BCUT2D eigenvalue weighted by Gasteiger charge is 2.27. The molecule has 0 radical (unpaired) electrons. The zero-order valence-electron chi connectivity index (χ0n) is 12.9. The predicted octanol–water partition coefficient (Wildman–Crippen LogP) is 3.80. The van der Waals surface area contributed by atoms with Crippen molar-refractivity contribution in [3.63, 3.8) is 0 Å². The van der Waals surface area contributed by atoms with Crippen LogP contribution in [0, 0.1) is 25.7 Å². The molecule has 2 heteroatoms. The SMILES string of the molecule is Cc1cccc(C)c1OCC1CCCN(CC2CC2)C1. The van der Waals surface area contributed by atoms with Gasteiger partial charge in [0.1, 0.15) is 5.75 Å². The zero-order valence-corrected chi connectivity index (χ0v) is 12.9. The molecule has 20 heavy (non-hydrogen) atoms. The third kappa shape index (κ3) is 3.54. The van der Waals surface area contributed by atoms with Crippen LogP contribution in [0.3, 0.4) is 0 Å². The van der Waals surface area contributed by atoms with Crippen LogP contribution < -0.4 is 4.74 Å². The molecule has 0 bridgehead atoms. The van der Waals surface area contributed by atoms with E-state index in [4.69, 9.17) is 4.74 Å². The zero-order chi connectivity index (χ0) is 13.9. The van der Waals surface area contributed by atoms with E-state index in [1.54, 1.807) is 0 Å². The smallest absolute Gasteiger partial charge is 0.125 e. The van der Waals surface area contributed by atoms with Gasteiger partial charge >= 0.3 is 0 Å². The lowest BCUT2D eigenvalue weighted by Gasteiger charge is -2.32. The number of para-hydroxylation sites is 1. The van der Waals surface area contributed by atoms with Gasteiger partial charge in [-0.1, -0.05) is 18.2 Å². The van der Waals surface area contributed by atoms with Crippen molar-refractivity contribution in [2.24, 2.45) is 11.8 Å². The molecule has 1 aliphatic carbocycles. The lowest BCUT2D eigenvalue weighted by Crippen LogP contribution is -2.38. The van der Waals surface area contributed by atoms with Gasteiger partial charge in [-0.3, -0.25) is 0 Å². The molecule has 1 aromatic rings. The number of aryl methyl sites for hydroxylation is 2. The molecule has 0 amide bonds. The average Bonchev–Trinajstić information content (AvgIpc) is 3.23. The summed E-state index contributed by atoms with van der Waals surface area (Å²) in [5.41, 5.74) is 2.52. The molecule has 1 saturated carbocycles. The van der Waals surface area contributed by atoms with Crippen molar-refractivity contribution in [1.82, 2.24) is 4.90 Å². The van der Waals surface area contributed by atoms with Crippen molar-refractivity contribution in [1.29, 1.82) is 0 Å². The number of benzene rings is 1. The van der Waals surface area contributed by atoms with E-state index < -0.39 is 0 Å². The number of piperidine rings is 1. The second-order valence-electron chi connectivity index (χ2n) is 6.74. The van der Waals surface area contributed by atoms with E-state index in [2.05, 4.69) is 36.9 Å². The third-order valence-electron chi connectivity index (χ3n) is 4.69. The number of rotatable bonds is 5. The van der Waals surface area contributed by atoms with E-state index in [9.17, 15) is 0 Å². The maximum absolute atomic E-state index is 6.15. The van der Waals surface area contributed by atoms with E-state index in [1.165, 1.54) is 56.4 Å². The maximum atomic E-state index is 6.15. The molecule has 1 saturated heterocycles. The Hall–Kier alpha value is -1.02. The Morgan fingerprint density at radius 3 is 2.55 bits per heavy atom. The number of ether oxygens (including phenoxy) is 1. The summed E-state index contributed by atoms with van der Waals surface area (Å²) in [5, 5.41) is 0. The highest BCUT2D eigenvalue weighted by Crippen LogP contribution is 2.31. The van der Waals surface area contributed by atoms with Gasteiger partial charge in [0.05, 0.1) is 6.61 Å². The number of hydrogen-bond acceptors (Lipinski definition) is 2. The summed E-state index contributed by atoms with van der Waals surface area (Å²) in [6.07, 6.45) is 5.58. The summed E-state index contributed by atoms with van der Waals surface area (Å²) < 4.78 is 6.15.